The number of hydrogen-bond acceptors (Lipinski definition) is 3. The highest BCUT2D eigenvalue weighted by molar-refractivity contribution is 5.95. The topological polar surface area (TPSA) is 67.2 Å². The molecule has 2 amide bonds. The monoisotopic (exact) mass is 390 g/mol. The fourth-order valence-electron chi connectivity index (χ4n) is 3.26. The van der Waals surface area contributed by atoms with Gasteiger partial charge in [0.05, 0.1) is 23.1 Å². The van der Waals surface area contributed by atoms with E-state index in [2.05, 4.69) is 10.4 Å². The molecule has 0 aliphatic carbocycles. The summed E-state index contributed by atoms with van der Waals surface area (Å²) in [5, 5.41) is 7.06. The van der Waals surface area contributed by atoms with E-state index in [0.29, 0.717) is 24.1 Å². The Balaban J connectivity index is 1.79. The zero-order valence-electron chi connectivity index (χ0n) is 17.3. The fourth-order valence-corrected chi connectivity index (χ4v) is 3.26. The lowest BCUT2D eigenvalue weighted by molar-refractivity contribution is 0.0783. The van der Waals surface area contributed by atoms with E-state index < -0.39 is 0 Å². The summed E-state index contributed by atoms with van der Waals surface area (Å²) in [5.41, 5.74) is 5.17. The van der Waals surface area contributed by atoms with E-state index >= 15 is 0 Å². The summed E-state index contributed by atoms with van der Waals surface area (Å²) in [6, 6.07) is 15.3. The summed E-state index contributed by atoms with van der Waals surface area (Å²) in [5.74, 6) is -0.201. The van der Waals surface area contributed by atoms with Gasteiger partial charge in [-0.05, 0) is 43.2 Å². The van der Waals surface area contributed by atoms with Crippen LogP contribution in [0.25, 0.3) is 5.69 Å². The second-order valence-electron chi connectivity index (χ2n) is 7.04. The maximum atomic E-state index is 13.1. The van der Waals surface area contributed by atoms with Crippen molar-refractivity contribution in [2.45, 2.75) is 26.8 Å². The van der Waals surface area contributed by atoms with Crippen molar-refractivity contribution >= 4 is 11.8 Å². The smallest absolute Gasteiger partial charge is 0.257 e. The molecule has 1 aromatic heterocycles. The number of carbonyl (C=O) groups excluding carboxylic acids is 2. The van der Waals surface area contributed by atoms with E-state index in [9.17, 15) is 9.59 Å². The predicted octanol–water partition coefficient (Wildman–Crippen LogP) is 3.37. The van der Waals surface area contributed by atoms with Crippen molar-refractivity contribution in [2.75, 3.05) is 14.1 Å². The average Bonchev–Trinajstić information content (AvgIpc) is 3.17. The van der Waals surface area contributed by atoms with Gasteiger partial charge in [0.25, 0.3) is 11.8 Å². The lowest BCUT2D eigenvalue weighted by Gasteiger charge is -2.18. The van der Waals surface area contributed by atoms with Gasteiger partial charge in [0.15, 0.2) is 0 Å². The van der Waals surface area contributed by atoms with E-state index in [1.807, 2.05) is 54.9 Å². The zero-order valence-corrected chi connectivity index (χ0v) is 17.3. The molecule has 150 valence electrons. The van der Waals surface area contributed by atoms with E-state index in [-0.39, 0.29) is 11.8 Å². The third kappa shape index (κ3) is 4.37. The highest BCUT2D eigenvalue weighted by atomic mass is 16.2. The normalized spacial score (nSPS) is 10.6. The number of carbonyl (C=O) groups is 2. The Hall–Kier alpha value is -3.41. The standard InChI is InChI=1S/C23H26N4O2/c1-5-21-20(14-25-27(21)19-12-6-16(2)7-13-19)23(29)26(4)15-17-8-10-18(11-9-17)22(28)24-3/h6-14H,5,15H2,1-4H3,(H,24,28). The molecule has 6 heteroatoms. The molecule has 0 atom stereocenters. The van der Waals surface area contributed by atoms with Crippen LogP contribution < -0.4 is 5.32 Å². The van der Waals surface area contributed by atoms with Crippen LogP contribution in [-0.4, -0.2) is 40.6 Å². The van der Waals surface area contributed by atoms with Gasteiger partial charge in [-0.1, -0.05) is 36.8 Å². The number of amides is 2. The van der Waals surface area contributed by atoms with Gasteiger partial charge in [0.1, 0.15) is 0 Å². The Kier molecular flexibility index (Phi) is 6.12. The van der Waals surface area contributed by atoms with Gasteiger partial charge in [-0.25, -0.2) is 4.68 Å². The molecule has 6 nitrogen and oxygen atoms in total. The molecule has 1 heterocycles. The molecule has 3 rings (SSSR count). The van der Waals surface area contributed by atoms with Gasteiger partial charge in [0, 0.05) is 26.2 Å². The van der Waals surface area contributed by atoms with Crippen LogP contribution in [0.2, 0.25) is 0 Å². The van der Waals surface area contributed by atoms with Gasteiger partial charge >= 0.3 is 0 Å². The summed E-state index contributed by atoms with van der Waals surface area (Å²) in [6.07, 6.45) is 2.34. The molecule has 0 saturated carbocycles. The van der Waals surface area contributed by atoms with Gasteiger partial charge in [-0.2, -0.15) is 5.10 Å². The Morgan fingerprint density at radius 3 is 2.31 bits per heavy atom. The van der Waals surface area contributed by atoms with E-state index in [0.717, 1.165) is 16.9 Å². The van der Waals surface area contributed by atoms with E-state index in [1.165, 1.54) is 5.56 Å². The molecule has 0 aliphatic heterocycles. The molecule has 0 radical (unpaired) electrons. The number of benzene rings is 2. The molecular formula is C23H26N4O2. The summed E-state index contributed by atoms with van der Waals surface area (Å²) in [6.45, 7) is 4.51. The maximum absolute atomic E-state index is 13.1. The summed E-state index contributed by atoms with van der Waals surface area (Å²) >= 11 is 0. The van der Waals surface area contributed by atoms with Gasteiger partial charge < -0.3 is 10.2 Å². The summed E-state index contributed by atoms with van der Waals surface area (Å²) in [7, 11) is 3.38. The summed E-state index contributed by atoms with van der Waals surface area (Å²) in [4.78, 5) is 26.4. The van der Waals surface area contributed by atoms with Crippen LogP contribution >= 0.6 is 0 Å². The molecule has 3 aromatic rings. The average molecular weight is 390 g/mol. The third-order valence-corrected chi connectivity index (χ3v) is 4.92. The van der Waals surface area contributed by atoms with Gasteiger partial charge in [-0.15, -0.1) is 0 Å². The lowest BCUT2D eigenvalue weighted by atomic mass is 10.1. The van der Waals surface area contributed by atoms with Crippen molar-refractivity contribution in [3.63, 3.8) is 0 Å². The van der Waals surface area contributed by atoms with Crippen molar-refractivity contribution in [2.24, 2.45) is 0 Å². The van der Waals surface area contributed by atoms with Crippen molar-refractivity contribution in [3.8, 4) is 5.69 Å². The minimum atomic E-state index is -0.128. The molecule has 1 N–H and O–H groups in total. The van der Waals surface area contributed by atoms with Gasteiger partial charge in [0.2, 0.25) is 0 Å². The molecule has 29 heavy (non-hydrogen) atoms. The van der Waals surface area contributed by atoms with Crippen molar-refractivity contribution in [3.05, 3.63) is 82.7 Å². The van der Waals surface area contributed by atoms with E-state index in [1.54, 1.807) is 37.3 Å². The third-order valence-electron chi connectivity index (χ3n) is 4.92. The first-order valence-electron chi connectivity index (χ1n) is 9.65. The molecule has 0 fully saturated rings. The number of rotatable bonds is 6. The second kappa shape index (κ2) is 8.73. The quantitative estimate of drug-likeness (QED) is 0.702. The van der Waals surface area contributed by atoms with Crippen LogP contribution in [0, 0.1) is 6.92 Å². The van der Waals surface area contributed by atoms with Crippen LogP contribution in [0.3, 0.4) is 0 Å². The first kappa shape index (κ1) is 20.3. The Labute approximate surface area is 171 Å². The van der Waals surface area contributed by atoms with Crippen molar-refractivity contribution in [1.29, 1.82) is 0 Å². The molecule has 0 spiro atoms. The second-order valence-corrected chi connectivity index (χ2v) is 7.04. The van der Waals surface area contributed by atoms with Crippen LogP contribution in [0.4, 0.5) is 0 Å². The number of aromatic nitrogens is 2. The number of nitrogens with one attached hydrogen (secondary N) is 1. The maximum Gasteiger partial charge on any atom is 0.257 e. The zero-order chi connectivity index (χ0) is 21.0. The lowest BCUT2D eigenvalue weighted by Crippen LogP contribution is -2.27. The van der Waals surface area contributed by atoms with Gasteiger partial charge in [-0.3, -0.25) is 9.59 Å². The highest BCUT2D eigenvalue weighted by Gasteiger charge is 2.20. The molecule has 0 aliphatic rings. The largest absolute Gasteiger partial charge is 0.355 e. The van der Waals surface area contributed by atoms with E-state index in [4.69, 9.17) is 0 Å². The minimum Gasteiger partial charge on any atom is -0.355 e. The van der Waals surface area contributed by atoms with Crippen LogP contribution in [-0.2, 0) is 13.0 Å². The highest BCUT2D eigenvalue weighted by Crippen LogP contribution is 2.19. The Bertz CT molecular complexity index is 1000. The number of hydrogen-bond donors (Lipinski definition) is 1. The van der Waals surface area contributed by atoms with Crippen LogP contribution in [0.15, 0.2) is 54.7 Å². The summed E-state index contributed by atoms with van der Waals surface area (Å²) < 4.78 is 1.83. The number of aryl methyl sites for hydroxylation is 1. The van der Waals surface area contributed by atoms with Crippen molar-refractivity contribution < 1.29 is 9.59 Å². The Morgan fingerprint density at radius 1 is 1.07 bits per heavy atom. The number of nitrogens with zero attached hydrogens (tertiary/aromatic N) is 3. The first-order valence-corrected chi connectivity index (χ1v) is 9.65. The SMILES string of the molecule is CCc1c(C(=O)N(C)Cc2ccc(C(=O)NC)cc2)cnn1-c1ccc(C)cc1. The minimum absolute atomic E-state index is 0.0735. The molecule has 2 aromatic carbocycles. The van der Waals surface area contributed by atoms with Crippen LogP contribution in [0.5, 0.6) is 0 Å². The fraction of sp³-hybridized carbons (Fsp3) is 0.261. The predicted molar refractivity (Wildman–Crippen MR) is 113 cm³/mol. The molecule has 0 bridgehead atoms. The van der Waals surface area contributed by atoms with Crippen molar-refractivity contribution in [1.82, 2.24) is 20.0 Å². The molecule has 0 unspecified atom stereocenters. The first-order chi connectivity index (χ1) is 13.9. The van der Waals surface area contributed by atoms with Crippen LogP contribution in [0.1, 0.15) is 44.5 Å². The Morgan fingerprint density at radius 2 is 1.72 bits per heavy atom. The molecular weight excluding hydrogens is 364 g/mol. The molecule has 0 saturated heterocycles.